The van der Waals surface area contributed by atoms with Gasteiger partial charge in [0.1, 0.15) is 5.82 Å². The Kier molecular flexibility index (Phi) is 6.65. The lowest BCUT2D eigenvalue weighted by molar-refractivity contribution is 0.318. The molecule has 0 aliphatic heterocycles. The van der Waals surface area contributed by atoms with Crippen LogP contribution in [0.3, 0.4) is 0 Å². The first kappa shape index (κ1) is 13.7. The molecular formula is C13H19BrFN. The molecule has 90 valence electrons. The number of rotatable bonds is 7. The fourth-order valence-electron chi connectivity index (χ4n) is 1.63. The molecular weight excluding hydrogens is 269 g/mol. The quantitative estimate of drug-likeness (QED) is 0.544. The second-order valence-corrected chi connectivity index (χ2v) is 4.91. The molecule has 0 aromatic heterocycles. The van der Waals surface area contributed by atoms with Gasteiger partial charge in [-0.05, 0) is 44.1 Å². The van der Waals surface area contributed by atoms with Crippen LogP contribution in [0, 0.1) is 5.82 Å². The van der Waals surface area contributed by atoms with Crippen LogP contribution in [0.4, 0.5) is 4.39 Å². The Morgan fingerprint density at radius 2 is 1.81 bits per heavy atom. The predicted molar refractivity (Wildman–Crippen MR) is 70.4 cm³/mol. The number of nitrogens with zero attached hydrogens (tertiary/aromatic N) is 1. The Labute approximate surface area is 106 Å². The first-order valence-corrected chi connectivity index (χ1v) is 6.83. The number of halogens is 2. The lowest BCUT2D eigenvalue weighted by Gasteiger charge is -2.16. The van der Waals surface area contributed by atoms with Crippen LogP contribution in [-0.4, -0.2) is 23.8 Å². The van der Waals surface area contributed by atoms with E-state index in [9.17, 15) is 4.39 Å². The minimum atomic E-state index is -0.163. The van der Waals surface area contributed by atoms with Crippen molar-refractivity contribution in [3.8, 4) is 0 Å². The molecule has 0 atom stereocenters. The molecule has 0 unspecified atom stereocenters. The van der Waals surface area contributed by atoms with Crippen molar-refractivity contribution in [1.82, 2.24) is 4.90 Å². The minimum Gasteiger partial charge on any atom is -0.302 e. The summed E-state index contributed by atoms with van der Waals surface area (Å²) in [6.45, 7) is 2.00. The molecule has 0 amide bonds. The molecule has 0 aliphatic rings. The van der Waals surface area contributed by atoms with Gasteiger partial charge in [0, 0.05) is 11.9 Å². The molecule has 1 nitrogen and oxygen atoms in total. The van der Waals surface area contributed by atoms with E-state index in [1.165, 1.54) is 37.0 Å². The van der Waals surface area contributed by atoms with Crippen LogP contribution in [0.15, 0.2) is 24.3 Å². The van der Waals surface area contributed by atoms with Crippen molar-refractivity contribution in [2.45, 2.75) is 25.8 Å². The lowest BCUT2D eigenvalue weighted by Crippen LogP contribution is -2.19. The van der Waals surface area contributed by atoms with E-state index in [-0.39, 0.29) is 5.82 Å². The van der Waals surface area contributed by atoms with E-state index in [1.807, 2.05) is 12.1 Å². The highest BCUT2D eigenvalue weighted by Crippen LogP contribution is 2.07. The summed E-state index contributed by atoms with van der Waals surface area (Å²) in [5, 5.41) is 1.09. The van der Waals surface area contributed by atoms with Gasteiger partial charge in [0.2, 0.25) is 0 Å². The van der Waals surface area contributed by atoms with Crippen LogP contribution in [0.5, 0.6) is 0 Å². The number of benzene rings is 1. The molecule has 1 aromatic rings. The van der Waals surface area contributed by atoms with Crippen molar-refractivity contribution < 1.29 is 4.39 Å². The Hall–Kier alpha value is -0.410. The number of unbranched alkanes of at least 4 members (excludes halogenated alkanes) is 2. The minimum absolute atomic E-state index is 0.163. The van der Waals surface area contributed by atoms with E-state index < -0.39 is 0 Å². The second kappa shape index (κ2) is 7.80. The smallest absolute Gasteiger partial charge is 0.123 e. The molecule has 0 bridgehead atoms. The summed E-state index contributed by atoms with van der Waals surface area (Å²) >= 11 is 3.43. The van der Waals surface area contributed by atoms with Crippen LogP contribution in [0.1, 0.15) is 24.8 Å². The molecule has 0 spiro atoms. The molecule has 0 heterocycles. The molecule has 1 rings (SSSR count). The van der Waals surface area contributed by atoms with Crippen LogP contribution < -0.4 is 0 Å². The van der Waals surface area contributed by atoms with Gasteiger partial charge in [-0.2, -0.15) is 0 Å². The van der Waals surface area contributed by atoms with Gasteiger partial charge >= 0.3 is 0 Å². The first-order chi connectivity index (χ1) is 7.72. The predicted octanol–water partition coefficient (Wildman–Crippen LogP) is 3.82. The molecule has 0 saturated heterocycles. The van der Waals surface area contributed by atoms with Crippen molar-refractivity contribution in [3.63, 3.8) is 0 Å². The zero-order valence-electron chi connectivity index (χ0n) is 9.76. The summed E-state index contributed by atoms with van der Waals surface area (Å²) < 4.78 is 12.7. The lowest BCUT2D eigenvalue weighted by atomic mass is 10.2. The molecule has 0 saturated carbocycles. The Morgan fingerprint density at radius 1 is 1.12 bits per heavy atom. The second-order valence-electron chi connectivity index (χ2n) is 4.11. The third kappa shape index (κ3) is 5.61. The van der Waals surface area contributed by atoms with Gasteiger partial charge in [0.25, 0.3) is 0 Å². The SMILES string of the molecule is CN(CCCCCBr)Cc1ccc(F)cc1. The highest BCUT2D eigenvalue weighted by molar-refractivity contribution is 9.09. The normalized spacial score (nSPS) is 11.0. The van der Waals surface area contributed by atoms with E-state index in [1.54, 1.807) is 0 Å². The zero-order valence-corrected chi connectivity index (χ0v) is 11.3. The standard InChI is InChI=1S/C13H19BrFN/c1-16(10-4-2-3-9-14)11-12-5-7-13(15)8-6-12/h5-8H,2-4,9-11H2,1H3. The molecule has 1 aromatic carbocycles. The van der Waals surface area contributed by atoms with Crippen LogP contribution >= 0.6 is 15.9 Å². The van der Waals surface area contributed by atoms with Crippen molar-refractivity contribution >= 4 is 15.9 Å². The maximum Gasteiger partial charge on any atom is 0.123 e. The van der Waals surface area contributed by atoms with Gasteiger partial charge in [-0.1, -0.05) is 34.5 Å². The van der Waals surface area contributed by atoms with Crippen molar-refractivity contribution in [1.29, 1.82) is 0 Å². The first-order valence-electron chi connectivity index (χ1n) is 5.71. The fraction of sp³-hybridized carbons (Fsp3) is 0.538. The number of hydrogen-bond donors (Lipinski definition) is 0. The van der Waals surface area contributed by atoms with E-state index >= 15 is 0 Å². The third-order valence-corrected chi connectivity index (χ3v) is 3.10. The highest BCUT2D eigenvalue weighted by Gasteiger charge is 2.00. The average molecular weight is 288 g/mol. The van der Waals surface area contributed by atoms with Gasteiger partial charge in [0.15, 0.2) is 0 Å². The molecule has 0 radical (unpaired) electrons. The van der Waals surface area contributed by atoms with Crippen LogP contribution in [0.25, 0.3) is 0 Å². The Bertz CT molecular complexity index is 286. The maximum atomic E-state index is 12.7. The zero-order chi connectivity index (χ0) is 11.8. The molecule has 16 heavy (non-hydrogen) atoms. The van der Waals surface area contributed by atoms with Gasteiger partial charge in [-0.3, -0.25) is 0 Å². The van der Waals surface area contributed by atoms with Crippen LogP contribution in [-0.2, 0) is 6.54 Å². The van der Waals surface area contributed by atoms with Gasteiger partial charge < -0.3 is 4.90 Å². The summed E-state index contributed by atoms with van der Waals surface area (Å²) in [5.74, 6) is -0.163. The molecule has 0 N–H and O–H groups in total. The fourth-order valence-corrected chi connectivity index (χ4v) is 2.03. The number of alkyl halides is 1. The summed E-state index contributed by atoms with van der Waals surface area (Å²) in [4.78, 5) is 2.28. The van der Waals surface area contributed by atoms with Gasteiger partial charge in [-0.15, -0.1) is 0 Å². The van der Waals surface area contributed by atoms with Gasteiger partial charge in [0.05, 0.1) is 0 Å². The average Bonchev–Trinajstić information content (AvgIpc) is 2.28. The van der Waals surface area contributed by atoms with E-state index in [4.69, 9.17) is 0 Å². The maximum absolute atomic E-state index is 12.7. The van der Waals surface area contributed by atoms with Gasteiger partial charge in [-0.25, -0.2) is 4.39 Å². The summed E-state index contributed by atoms with van der Waals surface area (Å²) in [6.07, 6.45) is 3.73. The van der Waals surface area contributed by atoms with Crippen molar-refractivity contribution in [3.05, 3.63) is 35.6 Å². The van der Waals surface area contributed by atoms with Crippen molar-refractivity contribution in [2.75, 3.05) is 18.9 Å². The van der Waals surface area contributed by atoms with Crippen LogP contribution in [0.2, 0.25) is 0 Å². The number of hydrogen-bond acceptors (Lipinski definition) is 1. The summed E-state index contributed by atoms with van der Waals surface area (Å²) in [7, 11) is 2.11. The van der Waals surface area contributed by atoms with E-state index in [0.717, 1.165) is 18.4 Å². The summed E-state index contributed by atoms with van der Waals surface area (Å²) in [6, 6.07) is 6.75. The summed E-state index contributed by atoms with van der Waals surface area (Å²) in [5.41, 5.74) is 1.17. The largest absolute Gasteiger partial charge is 0.302 e. The van der Waals surface area contributed by atoms with E-state index in [0.29, 0.717) is 0 Å². The Morgan fingerprint density at radius 3 is 2.44 bits per heavy atom. The Balaban J connectivity index is 2.23. The molecule has 3 heteroatoms. The third-order valence-electron chi connectivity index (χ3n) is 2.54. The topological polar surface area (TPSA) is 3.24 Å². The molecule has 0 fully saturated rings. The molecule has 0 aliphatic carbocycles. The van der Waals surface area contributed by atoms with Crippen molar-refractivity contribution in [2.24, 2.45) is 0 Å². The highest BCUT2D eigenvalue weighted by atomic mass is 79.9. The van der Waals surface area contributed by atoms with E-state index in [2.05, 4.69) is 27.9 Å². The monoisotopic (exact) mass is 287 g/mol.